The van der Waals surface area contributed by atoms with Gasteiger partial charge < -0.3 is 15.5 Å². The number of aryl methyl sites for hydroxylation is 2. The Morgan fingerprint density at radius 3 is 2.84 bits per heavy atom. The molecule has 25 heavy (non-hydrogen) atoms. The van der Waals surface area contributed by atoms with Gasteiger partial charge in [-0.1, -0.05) is 6.07 Å². The van der Waals surface area contributed by atoms with Gasteiger partial charge in [0.1, 0.15) is 6.04 Å². The van der Waals surface area contributed by atoms with E-state index in [1.54, 1.807) is 15.8 Å². The molecule has 132 valence electrons. The highest BCUT2D eigenvalue weighted by molar-refractivity contribution is 5.99. The number of hydrogen-bond donors (Lipinski definition) is 2. The predicted molar refractivity (Wildman–Crippen MR) is 97.7 cm³/mol. The van der Waals surface area contributed by atoms with Crippen molar-refractivity contribution in [2.24, 2.45) is 7.05 Å². The Labute approximate surface area is 147 Å². The number of piperidine rings is 1. The van der Waals surface area contributed by atoms with Crippen molar-refractivity contribution in [1.29, 1.82) is 0 Å². The average Bonchev–Trinajstić information content (AvgIpc) is 2.98. The summed E-state index contributed by atoms with van der Waals surface area (Å²) in [5.41, 5.74) is 3.42. The van der Waals surface area contributed by atoms with Gasteiger partial charge in [0, 0.05) is 38.1 Å². The normalized spacial score (nSPS) is 17.5. The molecule has 2 amide bonds. The molecular formula is C18H23N5O2. The third-order valence-corrected chi connectivity index (χ3v) is 4.33. The zero-order chi connectivity index (χ0) is 18.0. The maximum Gasteiger partial charge on any atom is 0.249 e. The Morgan fingerprint density at radius 2 is 2.16 bits per heavy atom. The summed E-state index contributed by atoms with van der Waals surface area (Å²) in [6.07, 6.45) is 5.26. The Hall–Kier alpha value is -2.83. The van der Waals surface area contributed by atoms with E-state index in [1.165, 1.54) is 6.92 Å². The summed E-state index contributed by atoms with van der Waals surface area (Å²) in [6.45, 7) is 4.16. The fourth-order valence-corrected chi connectivity index (χ4v) is 3.06. The Kier molecular flexibility index (Phi) is 4.74. The SMILES string of the molecule is CC(=O)Nc1ccc(C)c(N[C@H]2CCCN(c3cnn(C)c3)C2=O)c1. The van der Waals surface area contributed by atoms with E-state index in [2.05, 4.69) is 15.7 Å². The van der Waals surface area contributed by atoms with E-state index in [0.29, 0.717) is 12.2 Å². The molecule has 0 bridgehead atoms. The van der Waals surface area contributed by atoms with Crippen molar-refractivity contribution in [2.45, 2.75) is 32.7 Å². The van der Waals surface area contributed by atoms with Crippen LogP contribution in [-0.2, 0) is 16.6 Å². The monoisotopic (exact) mass is 341 g/mol. The van der Waals surface area contributed by atoms with Crippen molar-refractivity contribution in [3.8, 4) is 0 Å². The highest BCUT2D eigenvalue weighted by Gasteiger charge is 2.30. The first kappa shape index (κ1) is 17.0. The average molecular weight is 341 g/mol. The molecule has 1 atom stereocenters. The first-order valence-corrected chi connectivity index (χ1v) is 8.39. The smallest absolute Gasteiger partial charge is 0.249 e. The first-order chi connectivity index (χ1) is 11.9. The van der Waals surface area contributed by atoms with Crippen molar-refractivity contribution in [3.05, 3.63) is 36.2 Å². The number of aromatic nitrogens is 2. The van der Waals surface area contributed by atoms with Gasteiger partial charge in [0.15, 0.2) is 0 Å². The van der Waals surface area contributed by atoms with E-state index in [0.717, 1.165) is 29.8 Å². The Bertz CT molecular complexity index is 799. The number of nitrogens with one attached hydrogen (secondary N) is 2. The molecule has 0 radical (unpaired) electrons. The van der Waals surface area contributed by atoms with Crippen LogP contribution in [0.3, 0.4) is 0 Å². The third-order valence-electron chi connectivity index (χ3n) is 4.33. The molecule has 2 heterocycles. The fourth-order valence-electron chi connectivity index (χ4n) is 3.06. The van der Waals surface area contributed by atoms with Crippen molar-refractivity contribution in [2.75, 3.05) is 22.1 Å². The number of anilines is 3. The molecular weight excluding hydrogens is 318 g/mol. The van der Waals surface area contributed by atoms with Crippen LogP contribution >= 0.6 is 0 Å². The van der Waals surface area contributed by atoms with Crippen molar-refractivity contribution in [1.82, 2.24) is 9.78 Å². The van der Waals surface area contributed by atoms with Gasteiger partial charge in [0.25, 0.3) is 0 Å². The van der Waals surface area contributed by atoms with Crippen molar-refractivity contribution >= 4 is 28.9 Å². The van der Waals surface area contributed by atoms with Crippen molar-refractivity contribution < 1.29 is 9.59 Å². The minimum atomic E-state index is -0.291. The quantitative estimate of drug-likeness (QED) is 0.894. The van der Waals surface area contributed by atoms with E-state index in [4.69, 9.17) is 0 Å². The van der Waals surface area contributed by atoms with E-state index in [1.807, 2.05) is 38.4 Å². The van der Waals surface area contributed by atoms with Crippen LogP contribution in [-0.4, -0.2) is 34.2 Å². The summed E-state index contributed by atoms with van der Waals surface area (Å²) in [6, 6.07) is 5.36. The summed E-state index contributed by atoms with van der Waals surface area (Å²) in [7, 11) is 1.84. The number of rotatable bonds is 4. The first-order valence-electron chi connectivity index (χ1n) is 8.39. The molecule has 7 heteroatoms. The van der Waals surface area contributed by atoms with Crippen LogP contribution in [0.2, 0.25) is 0 Å². The van der Waals surface area contributed by atoms with Gasteiger partial charge in [0.05, 0.1) is 11.9 Å². The third kappa shape index (κ3) is 3.81. The molecule has 1 aromatic carbocycles. The number of hydrogen-bond acceptors (Lipinski definition) is 4. The highest BCUT2D eigenvalue weighted by Crippen LogP contribution is 2.26. The minimum Gasteiger partial charge on any atom is -0.373 e. The van der Waals surface area contributed by atoms with Crippen LogP contribution in [0.5, 0.6) is 0 Å². The molecule has 1 saturated heterocycles. The van der Waals surface area contributed by atoms with Crippen molar-refractivity contribution in [3.63, 3.8) is 0 Å². The van der Waals surface area contributed by atoms with Gasteiger partial charge >= 0.3 is 0 Å². The summed E-state index contributed by atoms with van der Waals surface area (Å²) in [5, 5.41) is 10.3. The topological polar surface area (TPSA) is 79.3 Å². The molecule has 0 saturated carbocycles. The number of benzene rings is 1. The standard InChI is InChI=1S/C18H23N5O2/c1-12-6-7-14(20-13(2)24)9-17(12)21-16-5-4-8-23(18(16)25)15-10-19-22(3)11-15/h6-7,9-11,16,21H,4-5,8H2,1-3H3,(H,20,24)/t16-/m0/s1. The molecule has 7 nitrogen and oxygen atoms in total. The van der Waals surface area contributed by atoms with Gasteiger partial charge in [0.2, 0.25) is 11.8 Å². The van der Waals surface area contributed by atoms with Crippen LogP contribution in [0.4, 0.5) is 17.1 Å². The van der Waals surface area contributed by atoms with E-state index < -0.39 is 0 Å². The maximum absolute atomic E-state index is 12.9. The summed E-state index contributed by atoms with van der Waals surface area (Å²) < 4.78 is 1.70. The molecule has 1 aromatic heterocycles. The second-order valence-electron chi connectivity index (χ2n) is 6.41. The molecule has 2 N–H and O–H groups in total. The number of carbonyl (C=O) groups is 2. The van der Waals surface area contributed by atoms with Gasteiger partial charge in [-0.2, -0.15) is 5.10 Å². The number of nitrogens with zero attached hydrogens (tertiary/aromatic N) is 3. The van der Waals surface area contributed by atoms with Crippen LogP contribution in [0.1, 0.15) is 25.3 Å². The van der Waals surface area contributed by atoms with E-state index in [-0.39, 0.29) is 17.9 Å². The molecule has 0 unspecified atom stereocenters. The van der Waals surface area contributed by atoms with Crippen LogP contribution in [0.15, 0.2) is 30.6 Å². The van der Waals surface area contributed by atoms with Gasteiger partial charge in [-0.25, -0.2) is 0 Å². The lowest BCUT2D eigenvalue weighted by Crippen LogP contribution is -2.47. The molecule has 1 aliphatic rings. The highest BCUT2D eigenvalue weighted by atomic mass is 16.2. The largest absolute Gasteiger partial charge is 0.373 e. The number of amides is 2. The molecule has 0 aliphatic carbocycles. The Balaban J connectivity index is 1.78. The van der Waals surface area contributed by atoms with Crippen LogP contribution in [0.25, 0.3) is 0 Å². The van der Waals surface area contributed by atoms with E-state index >= 15 is 0 Å². The lowest BCUT2D eigenvalue weighted by Gasteiger charge is -2.32. The predicted octanol–water partition coefficient (Wildman–Crippen LogP) is 2.29. The summed E-state index contributed by atoms with van der Waals surface area (Å²) >= 11 is 0. The lowest BCUT2D eigenvalue weighted by molar-refractivity contribution is -0.120. The summed E-state index contributed by atoms with van der Waals surface area (Å²) in [5.74, 6) is -0.0742. The fraction of sp³-hybridized carbons (Fsp3) is 0.389. The lowest BCUT2D eigenvalue weighted by atomic mass is 10.0. The second kappa shape index (κ2) is 6.96. The molecule has 0 spiro atoms. The second-order valence-corrected chi connectivity index (χ2v) is 6.41. The van der Waals surface area contributed by atoms with E-state index in [9.17, 15) is 9.59 Å². The van der Waals surface area contributed by atoms with Crippen LogP contribution in [0, 0.1) is 6.92 Å². The molecule has 2 aromatic rings. The molecule has 1 aliphatic heterocycles. The van der Waals surface area contributed by atoms with Crippen LogP contribution < -0.4 is 15.5 Å². The maximum atomic E-state index is 12.9. The van der Waals surface area contributed by atoms with Gasteiger partial charge in [-0.05, 0) is 37.5 Å². The van der Waals surface area contributed by atoms with Gasteiger partial charge in [-0.15, -0.1) is 0 Å². The molecule has 3 rings (SSSR count). The molecule has 1 fully saturated rings. The zero-order valence-electron chi connectivity index (χ0n) is 14.7. The Morgan fingerprint density at radius 1 is 1.36 bits per heavy atom. The minimum absolute atomic E-state index is 0.0450. The van der Waals surface area contributed by atoms with Gasteiger partial charge in [-0.3, -0.25) is 14.3 Å². The number of carbonyl (C=O) groups excluding carboxylic acids is 2. The summed E-state index contributed by atoms with van der Waals surface area (Å²) in [4.78, 5) is 25.9. The zero-order valence-corrected chi connectivity index (χ0v) is 14.7.